The molecule has 0 aliphatic carbocycles. The Bertz CT molecular complexity index is 2640. The van der Waals surface area contributed by atoms with E-state index < -0.39 is 0 Å². The van der Waals surface area contributed by atoms with Crippen molar-refractivity contribution >= 4 is 94.5 Å². The molecule has 10 aromatic rings. The lowest BCUT2D eigenvalue weighted by atomic mass is 9.86. The second kappa shape index (κ2) is 9.85. The summed E-state index contributed by atoms with van der Waals surface area (Å²) in [5, 5.41) is 7.98. The van der Waals surface area contributed by atoms with Gasteiger partial charge in [-0.3, -0.25) is 0 Å². The van der Waals surface area contributed by atoms with E-state index in [0.717, 1.165) is 0 Å². The summed E-state index contributed by atoms with van der Waals surface area (Å²) >= 11 is 5.72. The zero-order valence-electron chi connectivity index (χ0n) is 24.1. The van der Waals surface area contributed by atoms with E-state index in [1.807, 2.05) is 34.0 Å². The molecule has 210 valence electrons. The van der Waals surface area contributed by atoms with E-state index in [0.29, 0.717) is 0 Å². The van der Waals surface area contributed by atoms with E-state index in [2.05, 4.69) is 146 Å². The predicted molar refractivity (Wildman–Crippen MR) is 201 cm³/mol. The van der Waals surface area contributed by atoms with Gasteiger partial charge in [0.15, 0.2) is 0 Å². The van der Waals surface area contributed by atoms with E-state index in [1.165, 1.54) is 93.9 Å². The SMILES string of the molecule is c1cc(-c2cccc3c2sc2ccccc23)c(-c2cccc3c2sc2ccccc23)c(-c2cccc3c2sc2ccccc23)c1. The molecule has 0 saturated carbocycles. The van der Waals surface area contributed by atoms with Gasteiger partial charge in [0.05, 0.1) is 0 Å². The molecule has 0 aliphatic heterocycles. The van der Waals surface area contributed by atoms with E-state index in [4.69, 9.17) is 0 Å². The minimum atomic E-state index is 1.28. The first-order chi connectivity index (χ1) is 22.3. The minimum Gasteiger partial charge on any atom is -0.135 e. The van der Waals surface area contributed by atoms with E-state index in [9.17, 15) is 0 Å². The lowest BCUT2D eigenvalue weighted by Gasteiger charge is -2.18. The maximum Gasteiger partial charge on any atom is 0.0434 e. The van der Waals surface area contributed by atoms with Crippen molar-refractivity contribution in [1.29, 1.82) is 0 Å². The lowest BCUT2D eigenvalue weighted by Crippen LogP contribution is -1.91. The molecule has 45 heavy (non-hydrogen) atoms. The van der Waals surface area contributed by atoms with Crippen LogP contribution in [0.3, 0.4) is 0 Å². The van der Waals surface area contributed by atoms with Crippen molar-refractivity contribution in [3.05, 3.63) is 146 Å². The van der Waals surface area contributed by atoms with Crippen molar-refractivity contribution in [3.8, 4) is 33.4 Å². The van der Waals surface area contributed by atoms with Crippen LogP contribution in [0.4, 0.5) is 0 Å². The zero-order valence-corrected chi connectivity index (χ0v) is 26.5. The molecule has 0 N–H and O–H groups in total. The molecular formula is C42H24S3. The van der Waals surface area contributed by atoms with Gasteiger partial charge in [0.1, 0.15) is 0 Å². The molecule has 3 aromatic heterocycles. The third-order valence-electron chi connectivity index (χ3n) is 9.13. The average molecular weight is 625 g/mol. The maximum absolute atomic E-state index is 2.34. The molecule has 0 nitrogen and oxygen atoms in total. The molecule has 0 spiro atoms. The Kier molecular flexibility index (Phi) is 5.59. The molecule has 0 radical (unpaired) electrons. The van der Waals surface area contributed by atoms with Gasteiger partial charge in [0.25, 0.3) is 0 Å². The summed E-state index contributed by atoms with van der Waals surface area (Å²) in [6.07, 6.45) is 0. The van der Waals surface area contributed by atoms with Crippen molar-refractivity contribution in [2.75, 3.05) is 0 Å². The zero-order chi connectivity index (χ0) is 29.5. The van der Waals surface area contributed by atoms with E-state index >= 15 is 0 Å². The Morgan fingerprint density at radius 1 is 0.244 bits per heavy atom. The summed E-state index contributed by atoms with van der Waals surface area (Å²) in [6.45, 7) is 0. The van der Waals surface area contributed by atoms with Crippen LogP contribution in [0.5, 0.6) is 0 Å². The van der Waals surface area contributed by atoms with E-state index in [1.54, 1.807) is 0 Å². The molecule has 0 atom stereocenters. The van der Waals surface area contributed by atoms with Gasteiger partial charge in [0.2, 0.25) is 0 Å². The highest BCUT2D eigenvalue weighted by molar-refractivity contribution is 7.27. The van der Waals surface area contributed by atoms with Crippen molar-refractivity contribution in [3.63, 3.8) is 0 Å². The van der Waals surface area contributed by atoms with E-state index in [-0.39, 0.29) is 0 Å². The Morgan fingerprint density at radius 3 is 1.00 bits per heavy atom. The van der Waals surface area contributed by atoms with Gasteiger partial charge in [-0.05, 0) is 34.9 Å². The first-order valence-corrected chi connectivity index (χ1v) is 17.6. The number of benzene rings is 7. The summed E-state index contributed by atoms with van der Waals surface area (Å²) in [6, 6.07) is 54.0. The molecule has 0 aliphatic rings. The number of hydrogen-bond acceptors (Lipinski definition) is 3. The van der Waals surface area contributed by atoms with Crippen LogP contribution >= 0.6 is 34.0 Å². The van der Waals surface area contributed by atoms with Crippen LogP contribution in [0.1, 0.15) is 0 Å². The molecule has 0 saturated heterocycles. The topological polar surface area (TPSA) is 0 Å². The molecule has 0 amide bonds. The van der Waals surface area contributed by atoms with Crippen LogP contribution in [-0.4, -0.2) is 0 Å². The van der Waals surface area contributed by atoms with Crippen molar-refractivity contribution in [2.45, 2.75) is 0 Å². The highest BCUT2D eigenvalue weighted by Crippen LogP contribution is 2.50. The normalized spacial score (nSPS) is 12.0. The fourth-order valence-corrected chi connectivity index (χ4v) is 10.8. The number of thiophene rings is 3. The van der Waals surface area contributed by atoms with Crippen molar-refractivity contribution in [1.82, 2.24) is 0 Å². The smallest absolute Gasteiger partial charge is 0.0434 e. The second-order valence-electron chi connectivity index (χ2n) is 11.6. The van der Waals surface area contributed by atoms with Crippen LogP contribution in [0.25, 0.3) is 93.9 Å². The van der Waals surface area contributed by atoms with Crippen LogP contribution in [0.2, 0.25) is 0 Å². The number of hydrogen-bond donors (Lipinski definition) is 0. The molecule has 7 aromatic carbocycles. The Labute approximate surface area is 272 Å². The summed E-state index contributed by atoms with van der Waals surface area (Å²) in [5.74, 6) is 0. The molecule has 0 bridgehead atoms. The molecule has 3 heterocycles. The fraction of sp³-hybridized carbons (Fsp3) is 0. The molecule has 0 fully saturated rings. The van der Waals surface area contributed by atoms with Crippen LogP contribution < -0.4 is 0 Å². The van der Waals surface area contributed by atoms with Crippen LogP contribution in [0, 0.1) is 0 Å². The minimum absolute atomic E-state index is 1.28. The van der Waals surface area contributed by atoms with Gasteiger partial charge < -0.3 is 0 Å². The Morgan fingerprint density at radius 2 is 0.556 bits per heavy atom. The fourth-order valence-electron chi connectivity index (χ4n) is 7.15. The van der Waals surface area contributed by atoms with Gasteiger partial charge >= 0.3 is 0 Å². The number of fused-ring (bicyclic) bond motifs is 9. The Hall–Kier alpha value is -4.80. The number of rotatable bonds is 3. The third kappa shape index (κ3) is 3.75. The summed E-state index contributed by atoms with van der Waals surface area (Å²) < 4.78 is 8.04. The molecule has 3 heteroatoms. The quantitative estimate of drug-likeness (QED) is 0.183. The van der Waals surface area contributed by atoms with Crippen LogP contribution in [0.15, 0.2) is 146 Å². The van der Waals surface area contributed by atoms with Crippen molar-refractivity contribution < 1.29 is 0 Å². The average Bonchev–Trinajstić information content (AvgIpc) is 3.79. The second-order valence-corrected chi connectivity index (χ2v) is 14.7. The monoisotopic (exact) mass is 624 g/mol. The molecule has 0 unspecified atom stereocenters. The summed E-state index contributed by atoms with van der Waals surface area (Å²) in [4.78, 5) is 0. The predicted octanol–water partition coefficient (Wildman–Crippen LogP) is 13.8. The van der Waals surface area contributed by atoms with Gasteiger partial charge in [-0.25, -0.2) is 0 Å². The van der Waals surface area contributed by atoms with Gasteiger partial charge in [-0.2, -0.15) is 0 Å². The van der Waals surface area contributed by atoms with Gasteiger partial charge in [-0.1, -0.05) is 127 Å². The summed E-state index contributed by atoms with van der Waals surface area (Å²) in [5.41, 5.74) is 7.78. The largest absolute Gasteiger partial charge is 0.135 e. The third-order valence-corrected chi connectivity index (χ3v) is 12.8. The summed E-state index contributed by atoms with van der Waals surface area (Å²) in [7, 11) is 0. The van der Waals surface area contributed by atoms with Gasteiger partial charge in [0, 0.05) is 77.2 Å². The highest BCUT2D eigenvalue weighted by Gasteiger charge is 2.22. The first-order valence-electron chi connectivity index (χ1n) is 15.2. The molecular weight excluding hydrogens is 601 g/mol. The lowest BCUT2D eigenvalue weighted by molar-refractivity contribution is 1.62. The standard InChI is InChI=1S/C42H24S3/c1-4-22-36-25(11-1)30-16-8-19-33(40(30)43-36)28-14-7-15-29(34-20-9-17-31-26-12-2-5-23-37(26)44-41(31)34)39(28)35-21-10-18-32-27-13-3-6-24-38(27)45-42(32)35/h1-24H. The Balaban J connectivity index is 1.36. The first kappa shape index (κ1) is 25.5. The van der Waals surface area contributed by atoms with Crippen molar-refractivity contribution in [2.24, 2.45) is 0 Å². The van der Waals surface area contributed by atoms with Gasteiger partial charge in [-0.15, -0.1) is 34.0 Å². The molecule has 10 rings (SSSR count). The highest BCUT2D eigenvalue weighted by atomic mass is 32.1. The van der Waals surface area contributed by atoms with Crippen LogP contribution in [-0.2, 0) is 0 Å². The maximum atomic E-state index is 2.34.